The summed E-state index contributed by atoms with van der Waals surface area (Å²) in [6, 6.07) is 11.7. The molecule has 0 heterocycles. The fourth-order valence-electron chi connectivity index (χ4n) is 1.57. The van der Waals surface area contributed by atoms with Crippen LogP contribution >= 0.6 is 47.0 Å². The molecule has 0 radical (unpaired) electrons. The highest BCUT2D eigenvalue weighted by molar-refractivity contribution is 7.80. The highest BCUT2D eigenvalue weighted by Crippen LogP contribution is 2.29. The first-order valence-electron chi connectivity index (χ1n) is 5.80. The number of hydrogen-bond acceptors (Lipinski definition) is 2. The molecular formula is C14H9Cl3N2OS. The van der Waals surface area contributed by atoms with Crippen LogP contribution in [0.4, 0.5) is 5.69 Å². The van der Waals surface area contributed by atoms with Crippen LogP contribution in [0.5, 0.6) is 0 Å². The fourth-order valence-corrected chi connectivity index (χ4v) is 2.34. The van der Waals surface area contributed by atoms with Crippen LogP contribution in [0.3, 0.4) is 0 Å². The van der Waals surface area contributed by atoms with E-state index in [1.807, 2.05) is 0 Å². The van der Waals surface area contributed by atoms with Gasteiger partial charge in [0, 0.05) is 0 Å². The first-order valence-corrected chi connectivity index (χ1v) is 7.34. The Morgan fingerprint density at radius 2 is 1.62 bits per heavy atom. The van der Waals surface area contributed by atoms with E-state index in [2.05, 4.69) is 10.6 Å². The SMILES string of the molecule is O=C(NC(=S)Nc1cccc(Cl)c1Cl)c1ccccc1Cl. The van der Waals surface area contributed by atoms with Gasteiger partial charge in [-0.1, -0.05) is 53.0 Å². The third kappa shape index (κ3) is 4.08. The van der Waals surface area contributed by atoms with Gasteiger partial charge in [0.1, 0.15) is 0 Å². The first-order chi connectivity index (χ1) is 9.99. The third-order valence-corrected chi connectivity index (χ3v) is 3.90. The van der Waals surface area contributed by atoms with Crippen LogP contribution in [-0.4, -0.2) is 11.0 Å². The number of carbonyl (C=O) groups is 1. The van der Waals surface area contributed by atoms with Gasteiger partial charge in [-0.3, -0.25) is 10.1 Å². The minimum atomic E-state index is -0.406. The predicted molar refractivity (Wildman–Crippen MR) is 91.6 cm³/mol. The smallest absolute Gasteiger partial charge is 0.258 e. The van der Waals surface area contributed by atoms with Gasteiger partial charge in [0.15, 0.2) is 5.11 Å². The first kappa shape index (κ1) is 16.0. The van der Waals surface area contributed by atoms with Gasteiger partial charge in [0.2, 0.25) is 0 Å². The van der Waals surface area contributed by atoms with Gasteiger partial charge in [-0.25, -0.2) is 0 Å². The van der Waals surface area contributed by atoms with Gasteiger partial charge < -0.3 is 5.32 Å². The largest absolute Gasteiger partial charge is 0.331 e. The van der Waals surface area contributed by atoms with Crippen LogP contribution in [-0.2, 0) is 0 Å². The molecule has 21 heavy (non-hydrogen) atoms. The van der Waals surface area contributed by atoms with E-state index in [-0.39, 0.29) is 5.11 Å². The molecule has 3 nitrogen and oxygen atoms in total. The molecule has 0 saturated carbocycles. The molecule has 0 aromatic heterocycles. The molecule has 2 aromatic rings. The minimum Gasteiger partial charge on any atom is -0.331 e. The van der Waals surface area contributed by atoms with Crippen LogP contribution in [0.2, 0.25) is 15.1 Å². The van der Waals surface area contributed by atoms with Gasteiger partial charge in [-0.05, 0) is 36.5 Å². The zero-order chi connectivity index (χ0) is 15.4. The monoisotopic (exact) mass is 358 g/mol. The summed E-state index contributed by atoms with van der Waals surface area (Å²) < 4.78 is 0. The molecule has 0 saturated heterocycles. The summed E-state index contributed by atoms with van der Waals surface area (Å²) in [5, 5.41) is 6.50. The van der Waals surface area contributed by atoms with Crippen molar-refractivity contribution in [3.05, 3.63) is 63.1 Å². The number of nitrogens with one attached hydrogen (secondary N) is 2. The minimum absolute atomic E-state index is 0.101. The molecule has 0 fully saturated rings. The lowest BCUT2D eigenvalue weighted by Gasteiger charge is -2.12. The Hall–Kier alpha value is -1.33. The zero-order valence-corrected chi connectivity index (χ0v) is 13.6. The molecule has 2 aromatic carbocycles. The van der Waals surface area contributed by atoms with Crippen molar-refractivity contribution < 1.29 is 4.79 Å². The van der Waals surface area contributed by atoms with Crippen LogP contribution < -0.4 is 10.6 Å². The van der Waals surface area contributed by atoms with E-state index in [1.165, 1.54) is 0 Å². The maximum absolute atomic E-state index is 12.0. The lowest BCUT2D eigenvalue weighted by Crippen LogP contribution is -2.34. The van der Waals surface area contributed by atoms with Gasteiger partial charge in [0.25, 0.3) is 5.91 Å². The van der Waals surface area contributed by atoms with E-state index in [0.717, 1.165) is 0 Å². The maximum Gasteiger partial charge on any atom is 0.258 e. The lowest BCUT2D eigenvalue weighted by atomic mass is 10.2. The topological polar surface area (TPSA) is 41.1 Å². The Morgan fingerprint density at radius 1 is 0.952 bits per heavy atom. The van der Waals surface area contributed by atoms with Crippen molar-refractivity contribution in [2.45, 2.75) is 0 Å². The summed E-state index contributed by atoms with van der Waals surface area (Å²) in [6.45, 7) is 0. The summed E-state index contributed by atoms with van der Waals surface area (Å²) in [4.78, 5) is 12.0. The second-order valence-electron chi connectivity index (χ2n) is 3.99. The number of hydrogen-bond donors (Lipinski definition) is 2. The van der Waals surface area contributed by atoms with Crippen molar-refractivity contribution in [2.75, 3.05) is 5.32 Å². The molecule has 0 unspecified atom stereocenters. The number of thiocarbonyl (C=S) groups is 1. The van der Waals surface area contributed by atoms with Crippen molar-refractivity contribution in [1.29, 1.82) is 0 Å². The van der Waals surface area contributed by atoms with Crippen LogP contribution in [0.15, 0.2) is 42.5 Å². The molecule has 0 aliphatic heterocycles. The standard InChI is InChI=1S/C14H9Cl3N2OS/c15-9-5-2-1-4-8(9)13(20)19-14(21)18-11-7-3-6-10(16)12(11)17/h1-7H,(H2,18,19,20,21). The van der Waals surface area contributed by atoms with E-state index < -0.39 is 5.91 Å². The Morgan fingerprint density at radius 3 is 2.33 bits per heavy atom. The van der Waals surface area contributed by atoms with E-state index in [0.29, 0.717) is 26.3 Å². The number of amides is 1. The normalized spacial score (nSPS) is 10.0. The Bertz CT molecular complexity index is 706. The molecule has 0 spiro atoms. The number of rotatable bonds is 2. The van der Waals surface area contributed by atoms with Crippen molar-refractivity contribution in [3.63, 3.8) is 0 Å². The van der Waals surface area contributed by atoms with Crippen LogP contribution in [0.1, 0.15) is 10.4 Å². The average molecular weight is 360 g/mol. The number of anilines is 1. The average Bonchev–Trinajstić information content (AvgIpc) is 2.44. The number of halogens is 3. The van der Waals surface area contributed by atoms with Crippen LogP contribution in [0.25, 0.3) is 0 Å². The van der Waals surface area contributed by atoms with E-state index in [9.17, 15) is 4.79 Å². The number of carbonyl (C=O) groups excluding carboxylic acids is 1. The van der Waals surface area contributed by atoms with Gasteiger partial charge in [0.05, 0.1) is 26.3 Å². The van der Waals surface area contributed by atoms with Gasteiger partial charge >= 0.3 is 0 Å². The molecule has 108 valence electrons. The second kappa shape index (κ2) is 7.09. The molecule has 1 amide bonds. The summed E-state index contributed by atoms with van der Waals surface area (Å²) in [5.74, 6) is -0.406. The van der Waals surface area contributed by atoms with Crippen LogP contribution in [0, 0.1) is 0 Å². The molecule has 2 N–H and O–H groups in total. The number of benzene rings is 2. The molecule has 2 rings (SSSR count). The Kier molecular flexibility index (Phi) is 5.42. The van der Waals surface area contributed by atoms with Gasteiger partial charge in [-0.2, -0.15) is 0 Å². The van der Waals surface area contributed by atoms with E-state index in [1.54, 1.807) is 42.5 Å². The summed E-state index contributed by atoms with van der Waals surface area (Å²) in [6.07, 6.45) is 0. The van der Waals surface area contributed by atoms with Crippen molar-refractivity contribution >= 4 is 63.7 Å². The molecule has 0 atom stereocenters. The molecule has 0 aliphatic carbocycles. The highest BCUT2D eigenvalue weighted by atomic mass is 35.5. The van der Waals surface area contributed by atoms with Crippen molar-refractivity contribution in [3.8, 4) is 0 Å². The maximum atomic E-state index is 12.0. The molecular weight excluding hydrogens is 351 g/mol. The van der Waals surface area contributed by atoms with Gasteiger partial charge in [-0.15, -0.1) is 0 Å². The fraction of sp³-hybridized carbons (Fsp3) is 0. The quantitative estimate of drug-likeness (QED) is 0.759. The lowest BCUT2D eigenvalue weighted by molar-refractivity contribution is 0.0978. The highest BCUT2D eigenvalue weighted by Gasteiger charge is 2.12. The molecule has 0 aliphatic rings. The van der Waals surface area contributed by atoms with Crippen molar-refractivity contribution in [2.24, 2.45) is 0 Å². The summed E-state index contributed by atoms with van der Waals surface area (Å²) in [7, 11) is 0. The Labute approximate surface area is 142 Å². The predicted octanol–water partition coefficient (Wildman–Crippen LogP) is 4.77. The molecule has 0 bridgehead atoms. The zero-order valence-electron chi connectivity index (χ0n) is 10.5. The van der Waals surface area contributed by atoms with E-state index >= 15 is 0 Å². The summed E-state index contributed by atoms with van der Waals surface area (Å²) in [5.41, 5.74) is 0.842. The van der Waals surface area contributed by atoms with E-state index in [4.69, 9.17) is 47.0 Å². The summed E-state index contributed by atoms with van der Waals surface area (Å²) >= 11 is 22.9. The third-order valence-electron chi connectivity index (χ3n) is 2.55. The molecule has 7 heteroatoms. The second-order valence-corrected chi connectivity index (χ2v) is 5.59. The Balaban J connectivity index is 2.07. The van der Waals surface area contributed by atoms with Crippen molar-refractivity contribution in [1.82, 2.24) is 5.32 Å².